The van der Waals surface area contributed by atoms with Gasteiger partial charge < -0.3 is 76.2 Å². The summed E-state index contributed by atoms with van der Waals surface area (Å²) in [7, 11) is 0. The molecular weight excluding hydrogens is 1180 g/mol. The number of esters is 3. The van der Waals surface area contributed by atoms with E-state index in [0.717, 1.165) is 52.8 Å². The quantitative estimate of drug-likeness (QED) is 0.0317. The molecule has 92 heavy (non-hydrogen) atoms. The number of rotatable bonds is 31. The number of benzene rings is 7. The van der Waals surface area contributed by atoms with Crippen molar-refractivity contribution < 1.29 is 90.5 Å². The lowest BCUT2D eigenvalue weighted by atomic mass is 9.95. The van der Waals surface area contributed by atoms with Gasteiger partial charge in [-0.05, 0) is 38.9 Å². The summed E-state index contributed by atoms with van der Waals surface area (Å²) in [6, 6.07) is 67.6. The van der Waals surface area contributed by atoms with E-state index in [0.29, 0.717) is 0 Å². The van der Waals surface area contributed by atoms with Crippen molar-refractivity contribution in [3.8, 4) is 0 Å². The first kappa shape index (κ1) is 67.3. The van der Waals surface area contributed by atoms with E-state index >= 15 is 0 Å². The van der Waals surface area contributed by atoms with Gasteiger partial charge in [0, 0.05) is 20.8 Å². The number of carbonyl (C=O) groups excluding carboxylic acids is 3. The molecule has 19 heteroatoms. The average molecular weight is 1260 g/mol. The Morgan fingerprint density at radius 1 is 0.315 bits per heavy atom. The van der Waals surface area contributed by atoms with Gasteiger partial charge in [0.05, 0.1) is 59.5 Å². The van der Waals surface area contributed by atoms with E-state index in [1.165, 1.54) is 6.92 Å². The van der Waals surface area contributed by atoms with E-state index in [2.05, 4.69) is 0 Å². The topological polar surface area (TPSA) is 210 Å². The molecule has 10 rings (SSSR count). The second-order valence-corrected chi connectivity index (χ2v) is 22.6. The monoisotopic (exact) mass is 1260 g/mol. The lowest BCUT2D eigenvalue weighted by Gasteiger charge is -2.51. The van der Waals surface area contributed by atoms with Gasteiger partial charge >= 0.3 is 17.9 Å². The number of aliphatic hydroxyl groups is 1. The van der Waals surface area contributed by atoms with Gasteiger partial charge in [-0.3, -0.25) is 14.4 Å². The molecule has 0 unspecified atom stereocenters. The smallest absolute Gasteiger partial charge is 0.303 e. The van der Waals surface area contributed by atoms with Crippen LogP contribution in [-0.4, -0.2) is 135 Å². The minimum atomic E-state index is -1.89. The normalized spacial score (nSPS) is 26.3. The van der Waals surface area contributed by atoms with Gasteiger partial charge in [-0.2, -0.15) is 0 Å². The van der Waals surface area contributed by atoms with Crippen molar-refractivity contribution in [1.29, 1.82) is 0 Å². The first-order chi connectivity index (χ1) is 45.0. The summed E-state index contributed by atoms with van der Waals surface area (Å²) in [5.74, 6) is -2.31. The lowest BCUT2D eigenvalue weighted by molar-refractivity contribution is -0.403. The van der Waals surface area contributed by atoms with Crippen molar-refractivity contribution in [2.45, 2.75) is 159 Å². The van der Waals surface area contributed by atoms with Gasteiger partial charge in [0.1, 0.15) is 67.6 Å². The predicted octanol–water partition coefficient (Wildman–Crippen LogP) is 9.71. The van der Waals surface area contributed by atoms with Crippen LogP contribution in [0.1, 0.15) is 59.7 Å². The first-order valence-corrected chi connectivity index (χ1v) is 31.0. The molecule has 1 N–H and O–H groups in total. The highest BCUT2D eigenvalue weighted by Gasteiger charge is 2.58. The van der Waals surface area contributed by atoms with E-state index in [1.807, 2.05) is 212 Å². The molecular formula is C73H80O19. The Labute approximate surface area is 536 Å². The van der Waals surface area contributed by atoms with Gasteiger partial charge in [0.2, 0.25) is 0 Å². The zero-order chi connectivity index (χ0) is 63.9. The summed E-state index contributed by atoms with van der Waals surface area (Å²) in [6.07, 6.45) is -19.9. The number of hydrogen-bond acceptors (Lipinski definition) is 19. The van der Waals surface area contributed by atoms with Crippen LogP contribution in [0.4, 0.5) is 0 Å². The number of ether oxygens (including phenoxy) is 15. The zero-order valence-corrected chi connectivity index (χ0v) is 51.7. The van der Waals surface area contributed by atoms with Crippen LogP contribution in [0.3, 0.4) is 0 Å². The maximum atomic E-state index is 13.0. The molecule has 3 heterocycles. The predicted molar refractivity (Wildman–Crippen MR) is 333 cm³/mol. The Bertz CT molecular complexity index is 3270. The third-order valence-electron chi connectivity index (χ3n) is 15.6. The van der Waals surface area contributed by atoms with Crippen molar-refractivity contribution >= 4 is 17.9 Å². The van der Waals surface area contributed by atoms with Crippen molar-refractivity contribution in [2.75, 3.05) is 19.8 Å². The second-order valence-electron chi connectivity index (χ2n) is 22.6. The van der Waals surface area contributed by atoms with Gasteiger partial charge in [0.25, 0.3) is 0 Å². The molecule has 7 aromatic rings. The molecule has 0 bridgehead atoms. The van der Waals surface area contributed by atoms with Gasteiger partial charge in [-0.25, -0.2) is 0 Å². The summed E-state index contributed by atoms with van der Waals surface area (Å²) in [5.41, 5.74) is 6.01. The van der Waals surface area contributed by atoms with Crippen LogP contribution >= 0.6 is 0 Å². The lowest BCUT2D eigenvalue weighted by Crippen LogP contribution is -2.68. The Kier molecular flexibility index (Phi) is 25.5. The minimum Gasteiger partial charge on any atom is -0.463 e. The summed E-state index contributed by atoms with van der Waals surface area (Å²) >= 11 is 0. The molecule has 486 valence electrons. The van der Waals surface area contributed by atoms with Gasteiger partial charge in [-0.1, -0.05) is 212 Å². The molecule has 19 nitrogen and oxygen atoms in total. The number of aliphatic hydroxyl groups excluding tert-OH is 1. The summed E-state index contributed by atoms with van der Waals surface area (Å²) < 4.78 is 101. The molecule has 0 spiro atoms. The van der Waals surface area contributed by atoms with E-state index in [4.69, 9.17) is 71.1 Å². The first-order valence-electron chi connectivity index (χ1n) is 31.0. The molecule has 3 saturated heterocycles. The van der Waals surface area contributed by atoms with E-state index in [1.54, 1.807) is 0 Å². The highest BCUT2D eigenvalue weighted by atomic mass is 16.8. The fraction of sp³-hybridized carbons (Fsp3) is 0.384. The number of hydrogen-bond donors (Lipinski definition) is 1. The molecule has 3 fully saturated rings. The van der Waals surface area contributed by atoms with Gasteiger partial charge in [0.15, 0.2) is 31.1 Å². The van der Waals surface area contributed by atoms with E-state index < -0.39 is 117 Å². The average Bonchev–Trinajstić information content (AvgIpc) is 0.785. The fourth-order valence-corrected chi connectivity index (χ4v) is 11.2. The molecule has 3 aliphatic rings. The van der Waals surface area contributed by atoms with Crippen LogP contribution in [-0.2, 0) is 132 Å². The van der Waals surface area contributed by atoms with Gasteiger partial charge in [-0.15, -0.1) is 0 Å². The number of carbonyl (C=O) groups is 3. The highest BCUT2D eigenvalue weighted by Crippen LogP contribution is 2.39. The maximum absolute atomic E-state index is 13.0. The fourth-order valence-electron chi connectivity index (χ4n) is 11.2. The van der Waals surface area contributed by atoms with Crippen LogP contribution in [0.2, 0.25) is 0 Å². The summed E-state index contributed by atoms with van der Waals surface area (Å²) in [4.78, 5) is 38.3. The van der Waals surface area contributed by atoms with Crippen molar-refractivity contribution in [3.05, 3.63) is 251 Å². The van der Waals surface area contributed by atoms with Crippen molar-refractivity contribution in [2.24, 2.45) is 0 Å². The van der Waals surface area contributed by atoms with Crippen LogP contribution in [0.15, 0.2) is 212 Å². The highest BCUT2D eigenvalue weighted by molar-refractivity contribution is 5.68. The van der Waals surface area contributed by atoms with Crippen LogP contribution < -0.4 is 0 Å². The standard InChI is InChI=1S/C73H80O19/c1-49(74)80-48-61-65(86-50(2)75)66(87-51(3)76)62(77)71(88-61)91-70-68(84-44-57-35-21-9-22-36-57)64(82-42-55-31-17-7-18-32-55)60(47-79-40-53-27-13-5-14-28-53)90-73(70)92-69-67(83-43-56-33-19-8-20-34-56)63(81-41-54-29-15-6-16-30-54)59(46-78-39-52-25-11-4-12-26-52)89-72(69)85-45-58-37-23-10-24-38-58/h4-38,59-73,77H,39-48H2,1-3H3/t59-,60-,61-,62-,63-,64-,65-,66-,67+,68+,69-,70-,71-,72-,73-/m1/s1. The second kappa shape index (κ2) is 34.9. The van der Waals surface area contributed by atoms with Crippen molar-refractivity contribution in [3.63, 3.8) is 0 Å². The largest absolute Gasteiger partial charge is 0.463 e. The SMILES string of the molecule is CC(=O)OC[C@H]1O[C@H](O[C@H]2[C@@H](O[C@H]3[C@H](OCc4ccccc4)O[C@H](COCc4ccccc4)[C@@H](OCc4ccccc4)[C@@H]3OCc3ccccc3)O[C@H](COCc3ccccc3)[C@@H](OCc3ccccc3)[C@@H]2OCc2ccccc2)[C@H](O)[C@@H](OC(C)=O)[C@@H]1OC(C)=O. The third kappa shape index (κ3) is 19.7. The maximum Gasteiger partial charge on any atom is 0.303 e. The van der Waals surface area contributed by atoms with Crippen molar-refractivity contribution in [1.82, 2.24) is 0 Å². The molecule has 0 aromatic heterocycles. The Balaban J connectivity index is 1.11. The van der Waals surface area contributed by atoms with E-state index in [-0.39, 0.29) is 59.5 Å². The van der Waals surface area contributed by atoms with Crippen LogP contribution in [0.5, 0.6) is 0 Å². The van der Waals surface area contributed by atoms with E-state index in [9.17, 15) is 19.5 Å². The minimum absolute atomic E-state index is 0.00709. The molecule has 3 aliphatic heterocycles. The molecule has 15 atom stereocenters. The molecule has 0 radical (unpaired) electrons. The Morgan fingerprint density at radius 3 is 0.978 bits per heavy atom. The zero-order valence-electron chi connectivity index (χ0n) is 51.7. The molecule has 0 saturated carbocycles. The Hall–Kier alpha value is -7.57. The third-order valence-corrected chi connectivity index (χ3v) is 15.6. The molecule has 7 aromatic carbocycles. The summed E-state index contributed by atoms with van der Waals surface area (Å²) in [6.45, 7) is 3.68. The van der Waals surface area contributed by atoms with Crippen LogP contribution in [0, 0.1) is 0 Å². The summed E-state index contributed by atoms with van der Waals surface area (Å²) in [5, 5.41) is 12.6. The molecule has 0 aliphatic carbocycles. The van der Waals surface area contributed by atoms with Crippen LogP contribution in [0.25, 0.3) is 0 Å². The Morgan fingerprint density at radius 2 is 0.609 bits per heavy atom. The molecule has 0 amide bonds.